The molecular weight excluding hydrogens is 136 g/mol. The predicted molar refractivity (Wildman–Crippen MR) is 46.4 cm³/mol. The van der Waals surface area contributed by atoms with Gasteiger partial charge in [-0.1, -0.05) is 26.3 Å². The van der Waals surface area contributed by atoms with Gasteiger partial charge in [0, 0.05) is 6.42 Å². The minimum atomic E-state index is 0.290. The fourth-order valence-corrected chi connectivity index (χ4v) is 1.65. The Kier molecular flexibility index (Phi) is 2.48. The van der Waals surface area contributed by atoms with E-state index < -0.39 is 0 Å². The second-order valence-electron chi connectivity index (χ2n) is 3.70. The van der Waals surface area contributed by atoms with Crippen LogP contribution >= 0.6 is 0 Å². The topological polar surface area (TPSA) is 17.1 Å². The predicted octanol–water partition coefficient (Wildman–Crippen LogP) is 2.71. The van der Waals surface area contributed by atoms with Crippen LogP contribution in [0.3, 0.4) is 0 Å². The summed E-state index contributed by atoms with van der Waals surface area (Å²) in [6.45, 7) is 4.43. The van der Waals surface area contributed by atoms with Gasteiger partial charge in [0.15, 0.2) is 5.78 Å². The second-order valence-corrected chi connectivity index (χ2v) is 3.70. The fraction of sp³-hybridized carbons (Fsp3) is 0.700. The molecule has 1 aliphatic carbocycles. The number of hydrogen-bond acceptors (Lipinski definition) is 1. The van der Waals surface area contributed by atoms with E-state index in [0.29, 0.717) is 11.2 Å². The molecule has 1 unspecified atom stereocenters. The molecule has 0 spiro atoms. The van der Waals surface area contributed by atoms with Gasteiger partial charge >= 0.3 is 0 Å². The monoisotopic (exact) mass is 152 g/mol. The first kappa shape index (κ1) is 8.51. The minimum Gasteiger partial charge on any atom is -0.295 e. The third-order valence-electron chi connectivity index (χ3n) is 2.44. The summed E-state index contributed by atoms with van der Waals surface area (Å²) in [5, 5.41) is 0. The SMILES string of the molecule is CCCC1(C)C=CC(=O)CC1. The molecule has 0 fully saturated rings. The lowest BCUT2D eigenvalue weighted by Crippen LogP contribution is -2.18. The van der Waals surface area contributed by atoms with Crippen LogP contribution in [0.15, 0.2) is 12.2 Å². The molecular formula is C10H16O. The van der Waals surface area contributed by atoms with Crippen molar-refractivity contribution in [2.24, 2.45) is 5.41 Å². The Hall–Kier alpha value is -0.590. The van der Waals surface area contributed by atoms with E-state index in [4.69, 9.17) is 0 Å². The number of ketones is 1. The Morgan fingerprint density at radius 1 is 1.64 bits per heavy atom. The molecule has 0 aromatic heterocycles. The fourth-order valence-electron chi connectivity index (χ4n) is 1.65. The zero-order valence-corrected chi connectivity index (χ0v) is 7.39. The highest BCUT2D eigenvalue weighted by atomic mass is 16.1. The molecule has 1 heteroatoms. The quantitative estimate of drug-likeness (QED) is 0.594. The summed E-state index contributed by atoms with van der Waals surface area (Å²) in [6, 6.07) is 0. The van der Waals surface area contributed by atoms with Crippen molar-refractivity contribution in [3.05, 3.63) is 12.2 Å². The van der Waals surface area contributed by atoms with E-state index in [-0.39, 0.29) is 0 Å². The Morgan fingerprint density at radius 3 is 2.82 bits per heavy atom. The van der Waals surface area contributed by atoms with E-state index in [9.17, 15) is 4.79 Å². The maximum absolute atomic E-state index is 10.9. The summed E-state index contributed by atoms with van der Waals surface area (Å²) in [5.74, 6) is 0.290. The van der Waals surface area contributed by atoms with E-state index in [1.54, 1.807) is 6.08 Å². The molecule has 0 saturated heterocycles. The molecule has 62 valence electrons. The lowest BCUT2D eigenvalue weighted by molar-refractivity contribution is -0.115. The average molecular weight is 152 g/mol. The van der Waals surface area contributed by atoms with Gasteiger partial charge in [-0.3, -0.25) is 4.79 Å². The van der Waals surface area contributed by atoms with Crippen LogP contribution in [-0.2, 0) is 4.79 Å². The van der Waals surface area contributed by atoms with Crippen LogP contribution in [0, 0.1) is 5.41 Å². The molecule has 1 aliphatic rings. The minimum absolute atomic E-state index is 0.290. The Balaban J connectivity index is 2.60. The molecule has 0 radical (unpaired) electrons. The first-order chi connectivity index (χ1) is 5.16. The van der Waals surface area contributed by atoms with Gasteiger partial charge in [0.1, 0.15) is 0 Å². The third kappa shape index (κ3) is 2.18. The summed E-state index contributed by atoms with van der Waals surface area (Å²) < 4.78 is 0. The van der Waals surface area contributed by atoms with E-state index in [2.05, 4.69) is 19.9 Å². The number of carbonyl (C=O) groups is 1. The van der Waals surface area contributed by atoms with Crippen molar-refractivity contribution in [1.82, 2.24) is 0 Å². The van der Waals surface area contributed by atoms with Gasteiger partial charge in [-0.15, -0.1) is 0 Å². The van der Waals surface area contributed by atoms with Crippen LogP contribution in [0.25, 0.3) is 0 Å². The molecule has 0 N–H and O–H groups in total. The Morgan fingerprint density at radius 2 is 2.36 bits per heavy atom. The lowest BCUT2D eigenvalue weighted by atomic mass is 9.77. The first-order valence-electron chi connectivity index (χ1n) is 4.38. The average Bonchev–Trinajstić information content (AvgIpc) is 1.97. The number of hydrogen-bond donors (Lipinski definition) is 0. The molecule has 0 bridgehead atoms. The Labute approximate surface area is 68.5 Å². The summed E-state index contributed by atoms with van der Waals surface area (Å²) in [4.78, 5) is 10.9. The van der Waals surface area contributed by atoms with E-state index in [1.165, 1.54) is 12.8 Å². The van der Waals surface area contributed by atoms with Gasteiger partial charge in [-0.2, -0.15) is 0 Å². The molecule has 11 heavy (non-hydrogen) atoms. The standard InChI is InChI=1S/C10H16O/c1-3-6-10(2)7-4-9(11)5-8-10/h4,7H,3,5-6,8H2,1-2H3. The number of rotatable bonds is 2. The second kappa shape index (κ2) is 3.21. The van der Waals surface area contributed by atoms with Crippen LogP contribution < -0.4 is 0 Å². The molecule has 1 nitrogen and oxygen atoms in total. The highest BCUT2D eigenvalue weighted by Crippen LogP contribution is 2.33. The summed E-state index contributed by atoms with van der Waals surface area (Å²) >= 11 is 0. The number of allylic oxidation sites excluding steroid dienone is 2. The zero-order chi connectivity index (χ0) is 8.32. The molecule has 0 aromatic rings. The maximum Gasteiger partial charge on any atom is 0.155 e. The molecule has 0 amide bonds. The summed E-state index contributed by atoms with van der Waals surface area (Å²) in [6.07, 6.45) is 8.02. The first-order valence-corrected chi connectivity index (χ1v) is 4.38. The summed E-state index contributed by atoms with van der Waals surface area (Å²) in [7, 11) is 0. The van der Waals surface area contributed by atoms with Crippen molar-refractivity contribution in [2.75, 3.05) is 0 Å². The molecule has 1 atom stereocenters. The van der Waals surface area contributed by atoms with Gasteiger partial charge in [0.05, 0.1) is 0 Å². The molecule has 0 aliphatic heterocycles. The molecule has 0 saturated carbocycles. The van der Waals surface area contributed by atoms with Gasteiger partial charge in [0.25, 0.3) is 0 Å². The van der Waals surface area contributed by atoms with Crippen molar-refractivity contribution >= 4 is 5.78 Å². The van der Waals surface area contributed by atoms with E-state index >= 15 is 0 Å². The highest BCUT2D eigenvalue weighted by molar-refractivity contribution is 5.90. The van der Waals surface area contributed by atoms with Crippen molar-refractivity contribution in [3.63, 3.8) is 0 Å². The van der Waals surface area contributed by atoms with Crippen molar-refractivity contribution in [3.8, 4) is 0 Å². The van der Waals surface area contributed by atoms with Crippen LogP contribution in [0.5, 0.6) is 0 Å². The van der Waals surface area contributed by atoms with E-state index in [0.717, 1.165) is 12.8 Å². The van der Waals surface area contributed by atoms with Crippen LogP contribution in [-0.4, -0.2) is 5.78 Å². The van der Waals surface area contributed by atoms with Gasteiger partial charge in [-0.25, -0.2) is 0 Å². The van der Waals surface area contributed by atoms with Crippen LogP contribution in [0.4, 0.5) is 0 Å². The van der Waals surface area contributed by atoms with E-state index in [1.807, 2.05) is 0 Å². The largest absolute Gasteiger partial charge is 0.295 e. The zero-order valence-electron chi connectivity index (χ0n) is 7.39. The third-order valence-corrected chi connectivity index (χ3v) is 2.44. The van der Waals surface area contributed by atoms with Gasteiger partial charge < -0.3 is 0 Å². The van der Waals surface area contributed by atoms with Crippen molar-refractivity contribution < 1.29 is 4.79 Å². The van der Waals surface area contributed by atoms with Crippen molar-refractivity contribution in [1.29, 1.82) is 0 Å². The molecule has 1 rings (SSSR count). The van der Waals surface area contributed by atoms with Crippen molar-refractivity contribution in [2.45, 2.75) is 39.5 Å². The molecule has 0 heterocycles. The number of carbonyl (C=O) groups excluding carboxylic acids is 1. The highest BCUT2D eigenvalue weighted by Gasteiger charge is 2.23. The van der Waals surface area contributed by atoms with Gasteiger partial charge in [0.2, 0.25) is 0 Å². The summed E-state index contributed by atoms with van der Waals surface area (Å²) in [5.41, 5.74) is 0.308. The lowest BCUT2D eigenvalue weighted by Gasteiger charge is -2.27. The smallest absolute Gasteiger partial charge is 0.155 e. The Bertz CT molecular complexity index is 181. The maximum atomic E-state index is 10.9. The normalized spacial score (nSPS) is 30.9. The molecule has 0 aromatic carbocycles. The van der Waals surface area contributed by atoms with Crippen LogP contribution in [0.2, 0.25) is 0 Å². The van der Waals surface area contributed by atoms with Gasteiger partial charge in [-0.05, 0) is 24.3 Å². The van der Waals surface area contributed by atoms with Crippen LogP contribution in [0.1, 0.15) is 39.5 Å².